The van der Waals surface area contributed by atoms with Crippen LogP contribution in [0.4, 0.5) is 0 Å². The maximum atomic E-state index is 11.1. The van der Waals surface area contributed by atoms with Crippen molar-refractivity contribution in [3.05, 3.63) is 0 Å². The molecule has 1 heterocycles. The quantitative estimate of drug-likeness (QED) is 0.430. The summed E-state index contributed by atoms with van der Waals surface area (Å²) in [6.45, 7) is 3.21. The topological polar surface area (TPSA) is 57.0 Å². The highest BCUT2D eigenvalue weighted by atomic mass is 32.2. The zero-order valence-corrected chi connectivity index (χ0v) is 9.31. The fourth-order valence-electron chi connectivity index (χ4n) is 1.44. The first-order chi connectivity index (χ1) is 6.64. The number of hydrogen-bond acceptors (Lipinski definition) is 4. The normalized spacial score (nSPS) is 22.4. The van der Waals surface area contributed by atoms with Crippen LogP contribution in [0.3, 0.4) is 0 Å². The summed E-state index contributed by atoms with van der Waals surface area (Å²) in [6.07, 6.45) is 0. The minimum absolute atomic E-state index is 0.311. The van der Waals surface area contributed by atoms with Gasteiger partial charge in [0.1, 0.15) is 13.3 Å². The Kier molecular flexibility index (Phi) is 4.80. The second-order valence-corrected chi connectivity index (χ2v) is 5.77. The summed E-state index contributed by atoms with van der Waals surface area (Å²) >= 11 is 0. The number of ether oxygens (including phenoxy) is 2. The number of sulfone groups is 1. The average Bonchev–Trinajstić information content (AvgIpc) is 2.15. The molecule has 0 aromatic carbocycles. The largest absolute Gasteiger partial charge is 0.359 e. The third-order valence-electron chi connectivity index (χ3n) is 2.33. The first-order valence-corrected chi connectivity index (χ1v) is 6.57. The highest BCUT2D eigenvalue weighted by Crippen LogP contribution is 1.89. The van der Waals surface area contributed by atoms with Gasteiger partial charge in [-0.15, -0.1) is 0 Å². The third kappa shape index (κ3) is 4.36. The van der Waals surface area contributed by atoms with Gasteiger partial charge in [0.05, 0.1) is 31.2 Å². The minimum atomic E-state index is -2.74. The number of methoxy groups -OCH3 is 1. The Labute approximate surface area is 84.9 Å². The number of quaternary nitrogens is 1. The van der Waals surface area contributed by atoms with Crippen molar-refractivity contribution < 1.29 is 22.8 Å². The van der Waals surface area contributed by atoms with E-state index in [1.54, 1.807) is 7.11 Å². The summed E-state index contributed by atoms with van der Waals surface area (Å²) in [5, 5.41) is 0. The maximum absolute atomic E-state index is 11.1. The average molecular weight is 224 g/mol. The molecule has 0 amide bonds. The van der Waals surface area contributed by atoms with Gasteiger partial charge in [0.2, 0.25) is 0 Å². The molecule has 1 N–H and O–H groups in total. The van der Waals surface area contributed by atoms with Gasteiger partial charge < -0.3 is 14.4 Å². The Morgan fingerprint density at radius 3 is 2.50 bits per heavy atom. The molecule has 5 nitrogen and oxygen atoms in total. The van der Waals surface area contributed by atoms with Crippen LogP contribution >= 0.6 is 0 Å². The van der Waals surface area contributed by atoms with Gasteiger partial charge in [0.15, 0.2) is 9.84 Å². The molecule has 0 saturated carbocycles. The summed E-state index contributed by atoms with van der Waals surface area (Å²) in [7, 11) is -1.15. The Bertz CT molecular complexity index is 238. The fourth-order valence-corrected chi connectivity index (χ4v) is 2.84. The summed E-state index contributed by atoms with van der Waals surface area (Å²) in [6, 6.07) is 0. The van der Waals surface area contributed by atoms with Gasteiger partial charge in [-0.3, -0.25) is 0 Å². The molecule has 1 aliphatic rings. The molecule has 1 rings (SSSR count). The van der Waals surface area contributed by atoms with E-state index in [9.17, 15) is 8.42 Å². The molecule has 14 heavy (non-hydrogen) atoms. The van der Waals surface area contributed by atoms with Gasteiger partial charge in [-0.1, -0.05) is 0 Å². The highest BCUT2D eigenvalue weighted by molar-refractivity contribution is 7.91. The second-order valence-electron chi connectivity index (χ2n) is 3.47. The van der Waals surface area contributed by atoms with Crippen molar-refractivity contribution in [2.45, 2.75) is 0 Å². The molecule has 84 valence electrons. The zero-order valence-electron chi connectivity index (χ0n) is 8.49. The lowest BCUT2D eigenvalue weighted by Gasteiger charge is -2.23. The Hall–Kier alpha value is -0.170. The summed E-state index contributed by atoms with van der Waals surface area (Å²) in [4.78, 5) is 1.30. The zero-order chi connectivity index (χ0) is 10.4. The maximum Gasteiger partial charge on any atom is 0.161 e. The Balaban J connectivity index is 2.10. The first kappa shape index (κ1) is 11.9. The van der Waals surface area contributed by atoms with E-state index in [0.717, 1.165) is 6.54 Å². The van der Waals surface area contributed by atoms with E-state index in [4.69, 9.17) is 9.47 Å². The molecule has 0 unspecified atom stereocenters. The SMILES string of the molecule is COCOCC[NH+]1CCS(=O)(=O)CC1. The molecular formula is C8H18NO4S+. The van der Waals surface area contributed by atoms with Gasteiger partial charge in [-0.25, -0.2) is 8.42 Å². The van der Waals surface area contributed by atoms with Crippen LogP contribution in [-0.4, -0.2) is 60.1 Å². The molecular weight excluding hydrogens is 206 g/mol. The lowest BCUT2D eigenvalue weighted by molar-refractivity contribution is -0.897. The van der Waals surface area contributed by atoms with Crippen molar-refractivity contribution in [1.29, 1.82) is 0 Å². The lowest BCUT2D eigenvalue weighted by Crippen LogP contribution is -3.14. The van der Waals surface area contributed by atoms with E-state index in [1.165, 1.54) is 4.90 Å². The monoisotopic (exact) mass is 224 g/mol. The van der Waals surface area contributed by atoms with Gasteiger partial charge in [0.25, 0.3) is 0 Å². The van der Waals surface area contributed by atoms with Crippen LogP contribution < -0.4 is 4.90 Å². The van der Waals surface area contributed by atoms with Crippen molar-refractivity contribution in [3.63, 3.8) is 0 Å². The summed E-state index contributed by atoms with van der Waals surface area (Å²) < 4.78 is 32.1. The van der Waals surface area contributed by atoms with Gasteiger partial charge in [-0.05, 0) is 0 Å². The molecule has 0 atom stereocenters. The third-order valence-corrected chi connectivity index (χ3v) is 3.99. The molecule has 0 aromatic rings. The predicted octanol–water partition coefficient (Wildman–Crippen LogP) is -2.08. The van der Waals surface area contributed by atoms with Crippen LogP contribution in [0.5, 0.6) is 0 Å². The predicted molar refractivity (Wildman–Crippen MR) is 52.0 cm³/mol. The first-order valence-electron chi connectivity index (χ1n) is 4.75. The van der Waals surface area contributed by atoms with Crippen molar-refractivity contribution in [2.75, 3.05) is 51.6 Å². The molecule has 0 aromatic heterocycles. The molecule has 0 aliphatic carbocycles. The number of rotatable bonds is 5. The lowest BCUT2D eigenvalue weighted by atomic mass is 10.5. The van der Waals surface area contributed by atoms with E-state index >= 15 is 0 Å². The van der Waals surface area contributed by atoms with Crippen molar-refractivity contribution in [1.82, 2.24) is 0 Å². The fraction of sp³-hybridized carbons (Fsp3) is 1.00. The molecule has 1 fully saturated rings. The molecule has 0 spiro atoms. The van der Waals surface area contributed by atoms with Crippen LogP contribution in [0.15, 0.2) is 0 Å². The smallest absolute Gasteiger partial charge is 0.161 e. The van der Waals surface area contributed by atoms with Crippen molar-refractivity contribution in [2.24, 2.45) is 0 Å². The van der Waals surface area contributed by atoms with Gasteiger partial charge >= 0.3 is 0 Å². The van der Waals surface area contributed by atoms with E-state index in [2.05, 4.69) is 0 Å². The van der Waals surface area contributed by atoms with Crippen LogP contribution in [-0.2, 0) is 19.3 Å². The van der Waals surface area contributed by atoms with Crippen LogP contribution in [0.25, 0.3) is 0 Å². The summed E-state index contributed by atoms with van der Waals surface area (Å²) in [5.41, 5.74) is 0. The molecule has 1 aliphatic heterocycles. The molecule has 0 bridgehead atoms. The van der Waals surface area contributed by atoms with Crippen molar-refractivity contribution in [3.8, 4) is 0 Å². The van der Waals surface area contributed by atoms with Crippen LogP contribution in [0.1, 0.15) is 0 Å². The Morgan fingerprint density at radius 2 is 1.93 bits per heavy atom. The van der Waals surface area contributed by atoms with E-state index < -0.39 is 9.84 Å². The van der Waals surface area contributed by atoms with Gasteiger partial charge in [-0.2, -0.15) is 0 Å². The van der Waals surface area contributed by atoms with Crippen LogP contribution in [0, 0.1) is 0 Å². The van der Waals surface area contributed by atoms with Crippen molar-refractivity contribution >= 4 is 9.84 Å². The standard InChI is InChI=1S/C8H17NO4S/c1-12-8-13-5-2-9-3-6-14(10,11)7-4-9/h2-8H2,1H3/p+1. The second kappa shape index (κ2) is 5.65. The number of nitrogens with one attached hydrogen (secondary N) is 1. The van der Waals surface area contributed by atoms with E-state index in [-0.39, 0.29) is 0 Å². The highest BCUT2D eigenvalue weighted by Gasteiger charge is 2.23. The summed E-state index contributed by atoms with van der Waals surface area (Å²) in [5.74, 6) is 0.624. The molecule has 1 saturated heterocycles. The molecule has 6 heteroatoms. The van der Waals surface area contributed by atoms with E-state index in [1.807, 2.05) is 0 Å². The number of hydrogen-bond donors (Lipinski definition) is 1. The van der Waals surface area contributed by atoms with Crippen LogP contribution in [0.2, 0.25) is 0 Å². The van der Waals surface area contributed by atoms with Gasteiger partial charge in [0, 0.05) is 7.11 Å². The Morgan fingerprint density at radius 1 is 1.29 bits per heavy atom. The molecule has 0 radical (unpaired) electrons. The minimum Gasteiger partial charge on any atom is -0.359 e. The van der Waals surface area contributed by atoms with E-state index in [0.29, 0.717) is 38.0 Å².